The van der Waals surface area contributed by atoms with Gasteiger partial charge in [-0.2, -0.15) is 0 Å². The highest BCUT2D eigenvalue weighted by atomic mass is 16.4. The molecule has 18 heavy (non-hydrogen) atoms. The van der Waals surface area contributed by atoms with Crippen LogP contribution in [0, 0.1) is 29.1 Å². The van der Waals surface area contributed by atoms with Crippen molar-refractivity contribution in [2.45, 2.75) is 47.0 Å². The van der Waals surface area contributed by atoms with Crippen LogP contribution in [0.15, 0.2) is 0 Å². The molecule has 0 aromatic carbocycles. The summed E-state index contributed by atoms with van der Waals surface area (Å²) in [4.78, 5) is 22.9. The van der Waals surface area contributed by atoms with E-state index >= 15 is 0 Å². The maximum Gasteiger partial charge on any atom is 0.307 e. The van der Waals surface area contributed by atoms with E-state index in [0.717, 1.165) is 19.3 Å². The quantitative estimate of drug-likeness (QED) is 0.811. The second-order valence-corrected chi connectivity index (χ2v) is 6.60. The van der Waals surface area contributed by atoms with Crippen LogP contribution in [0.2, 0.25) is 0 Å². The summed E-state index contributed by atoms with van der Waals surface area (Å²) < 4.78 is 0. The van der Waals surface area contributed by atoms with Crippen LogP contribution in [0.25, 0.3) is 0 Å². The van der Waals surface area contributed by atoms with Crippen LogP contribution in [0.1, 0.15) is 47.0 Å². The molecular weight excluding hydrogens is 232 g/mol. The smallest absolute Gasteiger partial charge is 0.307 e. The first-order valence-electron chi connectivity index (χ1n) is 6.62. The Morgan fingerprint density at radius 1 is 1.22 bits per heavy atom. The molecule has 4 nitrogen and oxygen atoms in total. The van der Waals surface area contributed by atoms with Crippen molar-refractivity contribution < 1.29 is 19.8 Å². The molecule has 1 fully saturated rings. The van der Waals surface area contributed by atoms with Gasteiger partial charge < -0.3 is 10.2 Å². The summed E-state index contributed by atoms with van der Waals surface area (Å²) >= 11 is 0. The zero-order valence-corrected chi connectivity index (χ0v) is 11.6. The van der Waals surface area contributed by atoms with Gasteiger partial charge >= 0.3 is 11.9 Å². The number of rotatable bonds is 4. The Morgan fingerprint density at radius 3 is 2.17 bits per heavy atom. The molecule has 0 spiro atoms. The minimum atomic E-state index is -0.971. The van der Waals surface area contributed by atoms with E-state index in [1.54, 1.807) is 0 Å². The standard InChI is InChI=1S/C14H24O4/c1-8(2)7-9-5-6-14(3,4)11(13(17)18)10(9)12(15)16/h8-11H,5-7H2,1-4H3,(H,15,16)(H,17,18). The van der Waals surface area contributed by atoms with Crippen LogP contribution in [0.5, 0.6) is 0 Å². The zero-order valence-electron chi connectivity index (χ0n) is 11.6. The van der Waals surface area contributed by atoms with Gasteiger partial charge in [-0.25, -0.2) is 0 Å². The summed E-state index contributed by atoms with van der Waals surface area (Å²) in [5.41, 5.74) is -0.442. The molecule has 1 rings (SSSR count). The maximum absolute atomic E-state index is 11.5. The average molecular weight is 256 g/mol. The van der Waals surface area contributed by atoms with Crippen molar-refractivity contribution in [1.29, 1.82) is 0 Å². The van der Waals surface area contributed by atoms with Gasteiger partial charge in [-0.1, -0.05) is 27.7 Å². The Labute approximate surface area is 108 Å². The van der Waals surface area contributed by atoms with Crippen molar-refractivity contribution in [3.63, 3.8) is 0 Å². The average Bonchev–Trinajstić information content (AvgIpc) is 2.18. The molecular formula is C14H24O4. The molecule has 1 aliphatic carbocycles. The lowest BCUT2D eigenvalue weighted by Crippen LogP contribution is -2.48. The molecule has 104 valence electrons. The molecule has 1 aliphatic rings. The second kappa shape index (κ2) is 5.29. The highest BCUT2D eigenvalue weighted by Crippen LogP contribution is 2.48. The Balaban J connectivity index is 3.06. The summed E-state index contributed by atoms with van der Waals surface area (Å²) in [6.07, 6.45) is 2.38. The molecule has 1 saturated carbocycles. The number of carbonyl (C=O) groups is 2. The molecule has 0 heterocycles. The summed E-state index contributed by atoms with van der Waals surface area (Å²) in [6.45, 7) is 7.84. The normalized spacial score (nSPS) is 31.3. The van der Waals surface area contributed by atoms with Gasteiger partial charge in [0.1, 0.15) is 0 Å². The number of aliphatic carboxylic acids is 2. The lowest BCUT2D eigenvalue weighted by Gasteiger charge is -2.44. The number of hydrogen-bond acceptors (Lipinski definition) is 2. The summed E-state index contributed by atoms with van der Waals surface area (Å²) in [6, 6.07) is 0. The van der Waals surface area contributed by atoms with Crippen molar-refractivity contribution in [2.24, 2.45) is 29.1 Å². The third-order valence-electron chi connectivity index (χ3n) is 4.19. The van der Waals surface area contributed by atoms with Gasteiger partial charge in [-0.15, -0.1) is 0 Å². The van der Waals surface area contributed by atoms with Crippen LogP contribution in [0.4, 0.5) is 0 Å². The Kier molecular flexibility index (Phi) is 4.41. The Bertz CT molecular complexity index is 333. The highest BCUT2D eigenvalue weighted by Gasteiger charge is 2.51. The predicted molar refractivity (Wildman–Crippen MR) is 68.2 cm³/mol. The highest BCUT2D eigenvalue weighted by molar-refractivity contribution is 5.81. The van der Waals surface area contributed by atoms with E-state index in [-0.39, 0.29) is 5.92 Å². The van der Waals surface area contributed by atoms with E-state index in [9.17, 15) is 19.8 Å². The van der Waals surface area contributed by atoms with Crippen molar-refractivity contribution in [3.8, 4) is 0 Å². The molecule has 0 aromatic heterocycles. The van der Waals surface area contributed by atoms with E-state index in [0.29, 0.717) is 5.92 Å². The van der Waals surface area contributed by atoms with Crippen molar-refractivity contribution in [1.82, 2.24) is 0 Å². The summed E-state index contributed by atoms with van der Waals surface area (Å²) in [5, 5.41) is 18.8. The maximum atomic E-state index is 11.5. The number of hydrogen-bond donors (Lipinski definition) is 2. The van der Waals surface area contributed by atoms with Gasteiger partial charge in [0.15, 0.2) is 0 Å². The van der Waals surface area contributed by atoms with Crippen LogP contribution in [0.3, 0.4) is 0 Å². The van der Waals surface area contributed by atoms with E-state index in [1.807, 2.05) is 13.8 Å². The zero-order chi connectivity index (χ0) is 14.1. The molecule has 0 radical (unpaired) electrons. The fraction of sp³-hybridized carbons (Fsp3) is 0.857. The summed E-state index contributed by atoms with van der Waals surface area (Å²) in [7, 11) is 0. The van der Waals surface area contributed by atoms with E-state index in [4.69, 9.17) is 0 Å². The molecule has 2 N–H and O–H groups in total. The van der Waals surface area contributed by atoms with E-state index in [1.165, 1.54) is 0 Å². The lowest BCUT2D eigenvalue weighted by atomic mass is 9.58. The topological polar surface area (TPSA) is 74.6 Å². The second-order valence-electron chi connectivity index (χ2n) is 6.60. The van der Waals surface area contributed by atoms with E-state index in [2.05, 4.69) is 13.8 Å². The van der Waals surface area contributed by atoms with Gasteiger partial charge in [-0.3, -0.25) is 9.59 Å². The van der Waals surface area contributed by atoms with Gasteiger partial charge in [0.05, 0.1) is 11.8 Å². The lowest BCUT2D eigenvalue weighted by molar-refractivity contribution is -0.166. The van der Waals surface area contributed by atoms with Crippen LogP contribution in [-0.4, -0.2) is 22.2 Å². The van der Waals surface area contributed by atoms with Crippen LogP contribution in [-0.2, 0) is 9.59 Å². The molecule has 0 amide bonds. The molecule has 0 bridgehead atoms. The van der Waals surface area contributed by atoms with Gasteiger partial charge in [0, 0.05) is 0 Å². The van der Waals surface area contributed by atoms with Gasteiger partial charge in [0.25, 0.3) is 0 Å². The minimum Gasteiger partial charge on any atom is -0.481 e. The third kappa shape index (κ3) is 3.03. The van der Waals surface area contributed by atoms with Crippen LogP contribution >= 0.6 is 0 Å². The largest absolute Gasteiger partial charge is 0.481 e. The molecule has 0 aliphatic heterocycles. The fourth-order valence-electron chi connectivity index (χ4n) is 3.35. The number of carboxylic acid groups (broad SMARTS) is 2. The van der Waals surface area contributed by atoms with Crippen molar-refractivity contribution >= 4 is 11.9 Å². The first-order valence-corrected chi connectivity index (χ1v) is 6.62. The van der Waals surface area contributed by atoms with Crippen molar-refractivity contribution in [2.75, 3.05) is 0 Å². The van der Waals surface area contributed by atoms with Gasteiger partial charge in [0.2, 0.25) is 0 Å². The molecule has 4 heteroatoms. The Hall–Kier alpha value is -1.06. The SMILES string of the molecule is CC(C)CC1CCC(C)(C)C(C(=O)O)C1C(=O)O. The molecule has 3 unspecified atom stereocenters. The summed E-state index contributed by atoms with van der Waals surface area (Å²) in [5.74, 6) is -3.09. The molecule has 0 aromatic rings. The van der Waals surface area contributed by atoms with Gasteiger partial charge in [-0.05, 0) is 36.5 Å². The predicted octanol–water partition coefficient (Wildman–Crippen LogP) is 2.87. The van der Waals surface area contributed by atoms with Crippen LogP contribution < -0.4 is 0 Å². The van der Waals surface area contributed by atoms with Crippen molar-refractivity contribution in [3.05, 3.63) is 0 Å². The number of carboxylic acids is 2. The molecule has 0 saturated heterocycles. The fourth-order valence-corrected chi connectivity index (χ4v) is 3.35. The van der Waals surface area contributed by atoms with E-state index < -0.39 is 29.2 Å². The Morgan fingerprint density at radius 2 is 1.78 bits per heavy atom. The first kappa shape index (κ1) is 15.0. The monoisotopic (exact) mass is 256 g/mol. The molecule has 3 atom stereocenters. The third-order valence-corrected chi connectivity index (χ3v) is 4.19. The minimum absolute atomic E-state index is 0.0170. The first-order chi connectivity index (χ1) is 8.16.